The Balaban J connectivity index is 1.72. The highest BCUT2D eigenvalue weighted by Gasteiger charge is 2.32. The number of benzene rings is 2. The molecule has 2 heterocycles. The number of hydrazone groups is 1. The number of hydrogen-bond acceptors (Lipinski definition) is 4. The third-order valence-corrected chi connectivity index (χ3v) is 4.52. The predicted molar refractivity (Wildman–Crippen MR) is 97.0 cm³/mol. The van der Waals surface area contributed by atoms with Gasteiger partial charge in [0.15, 0.2) is 0 Å². The van der Waals surface area contributed by atoms with Gasteiger partial charge in [0, 0.05) is 25.2 Å². The van der Waals surface area contributed by atoms with Crippen molar-refractivity contribution in [2.24, 2.45) is 5.10 Å². The predicted octanol–water partition coefficient (Wildman–Crippen LogP) is 3.86. The first-order chi connectivity index (χ1) is 12.7. The van der Waals surface area contributed by atoms with Gasteiger partial charge >= 0.3 is 0 Å². The van der Waals surface area contributed by atoms with Crippen molar-refractivity contribution in [3.8, 4) is 0 Å². The zero-order valence-corrected chi connectivity index (χ0v) is 14.3. The Morgan fingerprint density at radius 3 is 2.58 bits per heavy atom. The summed E-state index contributed by atoms with van der Waals surface area (Å²) in [6, 6.07) is 11.8. The molecule has 0 fully saturated rings. The van der Waals surface area contributed by atoms with Crippen molar-refractivity contribution >= 4 is 22.7 Å². The number of carbonyl (C=O) groups is 1. The Morgan fingerprint density at radius 2 is 1.85 bits per heavy atom. The number of carbonyl (C=O) groups excluding carboxylic acids is 1. The van der Waals surface area contributed by atoms with Crippen LogP contribution in [0.25, 0.3) is 11.0 Å². The number of halogens is 1. The van der Waals surface area contributed by atoms with Gasteiger partial charge in [0.1, 0.15) is 5.82 Å². The first kappa shape index (κ1) is 16.3. The number of amides is 1. The third kappa shape index (κ3) is 2.94. The zero-order valence-electron chi connectivity index (χ0n) is 14.3. The first-order valence-electron chi connectivity index (χ1n) is 8.52. The van der Waals surface area contributed by atoms with Crippen LogP contribution in [0.15, 0.2) is 60.0 Å². The molecule has 1 unspecified atom stereocenters. The van der Waals surface area contributed by atoms with Crippen molar-refractivity contribution in [2.45, 2.75) is 25.8 Å². The summed E-state index contributed by atoms with van der Waals surface area (Å²) in [4.78, 5) is 21.1. The fourth-order valence-electron chi connectivity index (χ4n) is 3.17. The van der Waals surface area contributed by atoms with E-state index in [1.54, 1.807) is 24.5 Å². The molecule has 1 aliphatic heterocycles. The van der Waals surface area contributed by atoms with Gasteiger partial charge in [0.05, 0.1) is 22.8 Å². The number of rotatable bonds is 3. The Kier molecular flexibility index (Phi) is 4.16. The lowest BCUT2D eigenvalue weighted by Crippen LogP contribution is -2.26. The van der Waals surface area contributed by atoms with Crippen LogP contribution in [-0.4, -0.2) is 26.6 Å². The summed E-state index contributed by atoms with van der Waals surface area (Å²) in [7, 11) is 0. The van der Waals surface area contributed by atoms with E-state index in [0.717, 1.165) is 27.9 Å². The van der Waals surface area contributed by atoms with Crippen LogP contribution in [0.5, 0.6) is 0 Å². The van der Waals surface area contributed by atoms with E-state index in [1.807, 2.05) is 25.1 Å². The molecule has 2 aromatic carbocycles. The maximum atomic E-state index is 13.2. The van der Waals surface area contributed by atoms with E-state index in [1.165, 1.54) is 17.1 Å². The number of nitrogens with zero attached hydrogens (tertiary/aromatic N) is 4. The molecule has 4 rings (SSSR count). The fourth-order valence-corrected chi connectivity index (χ4v) is 3.17. The standard InChI is InChI=1S/C20H17FN4O/c1-2-20(26)25-19(12-17(24-25)13-3-6-15(21)7-4-13)14-5-8-16-18(11-14)23-10-9-22-16/h3-11,19H,2,12H2,1H3. The summed E-state index contributed by atoms with van der Waals surface area (Å²) in [5, 5.41) is 6.08. The summed E-state index contributed by atoms with van der Waals surface area (Å²) in [6.07, 6.45) is 4.24. The van der Waals surface area contributed by atoms with E-state index in [2.05, 4.69) is 15.1 Å². The molecule has 1 atom stereocenters. The van der Waals surface area contributed by atoms with E-state index in [0.29, 0.717) is 12.8 Å². The minimum absolute atomic E-state index is 0.0497. The second-order valence-corrected chi connectivity index (χ2v) is 6.17. The monoisotopic (exact) mass is 348 g/mol. The Hall–Kier alpha value is -3.15. The van der Waals surface area contributed by atoms with Gasteiger partial charge in [-0.2, -0.15) is 5.10 Å². The molecule has 1 amide bonds. The molecule has 130 valence electrons. The molecule has 0 aliphatic carbocycles. The zero-order chi connectivity index (χ0) is 18.1. The van der Waals surface area contributed by atoms with E-state index in [4.69, 9.17) is 0 Å². The molecular weight excluding hydrogens is 331 g/mol. The van der Waals surface area contributed by atoms with Crippen LogP contribution in [0, 0.1) is 5.82 Å². The van der Waals surface area contributed by atoms with Gasteiger partial charge in [-0.1, -0.05) is 25.1 Å². The molecule has 0 saturated carbocycles. The number of aromatic nitrogens is 2. The maximum Gasteiger partial charge on any atom is 0.242 e. The maximum absolute atomic E-state index is 13.2. The Labute approximate surface area is 150 Å². The van der Waals surface area contributed by atoms with Crippen LogP contribution in [0.4, 0.5) is 4.39 Å². The minimum atomic E-state index is -0.293. The van der Waals surface area contributed by atoms with E-state index in [9.17, 15) is 9.18 Å². The Morgan fingerprint density at radius 1 is 1.12 bits per heavy atom. The van der Waals surface area contributed by atoms with Crippen LogP contribution in [0.3, 0.4) is 0 Å². The molecule has 0 radical (unpaired) electrons. The molecule has 0 bridgehead atoms. The van der Waals surface area contributed by atoms with Crippen molar-refractivity contribution in [1.82, 2.24) is 15.0 Å². The van der Waals surface area contributed by atoms with Gasteiger partial charge < -0.3 is 0 Å². The van der Waals surface area contributed by atoms with E-state index < -0.39 is 0 Å². The van der Waals surface area contributed by atoms with E-state index >= 15 is 0 Å². The lowest BCUT2D eigenvalue weighted by molar-refractivity contribution is -0.132. The van der Waals surface area contributed by atoms with Gasteiger partial charge in [-0.15, -0.1) is 0 Å². The highest BCUT2D eigenvalue weighted by atomic mass is 19.1. The highest BCUT2D eigenvalue weighted by molar-refractivity contribution is 6.03. The van der Waals surface area contributed by atoms with Crippen molar-refractivity contribution in [2.75, 3.05) is 0 Å². The van der Waals surface area contributed by atoms with Gasteiger partial charge in [-0.05, 0) is 35.4 Å². The molecule has 0 N–H and O–H groups in total. The topological polar surface area (TPSA) is 58.5 Å². The summed E-state index contributed by atoms with van der Waals surface area (Å²) < 4.78 is 13.2. The second-order valence-electron chi connectivity index (χ2n) is 6.17. The van der Waals surface area contributed by atoms with Crippen molar-refractivity contribution in [3.63, 3.8) is 0 Å². The molecular formula is C20H17FN4O. The van der Waals surface area contributed by atoms with E-state index in [-0.39, 0.29) is 17.8 Å². The molecule has 5 nitrogen and oxygen atoms in total. The minimum Gasteiger partial charge on any atom is -0.273 e. The summed E-state index contributed by atoms with van der Waals surface area (Å²) >= 11 is 0. The van der Waals surface area contributed by atoms with Crippen molar-refractivity contribution < 1.29 is 9.18 Å². The second kappa shape index (κ2) is 6.63. The lowest BCUT2D eigenvalue weighted by atomic mass is 9.98. The number of hydrogen-bond donors (Lipinski definition) is 0. The summed E-state index contributed by atoms with van der Waals surface area (Å²) in [5.41, 5.74) is 4.14. The van der Waals surface area contributed by atoms with Gasteiger partial charge in [0.2, 0.25) is 5.91 Å². The van der Waals surface area contributed by atoms with Crippen molar-refractivity contribution in [3.05, 3.63) is 71.8 Å². The Bertz CT molecular complexity index is 1000. The molecule has 1 aliphatic rings. The van der Waals surface area contributed by atoms with Crippen LogP contribution in [0.1, 0.15) is 36.9 Å². The fraction of sp³-hybridized carbons (Fsp3) is 0.200. The summed E-state index contributed by atoms with van der Waals surface area (Å²) in [5.74, 6) is -0.343. The van der Waals surface area contributed by atoms with Crippen molar-refractivity contribution in [1.29, 1.82) is 0 Å². The average Bonchev–Trinajstić information content (AvgIpc) is 3.13. The van der Waals surface area contributed by atoms with Gasteiger partial charge in [0.25, 0.3) is 0 Å². The smallest absolute Gasteiger partial charge is 0.242 e. The molecule has 3 aromatic rings. The van der Waals surface area contributed by atoms with Crippen LogP contribution in [-0.2, 0) is 4.79 Å². The largest absolute Gasteiger partial charge is 0.273 e. The van der Waals surface area contributed by atoms with Crippen LogP contribution < -0.4 is 0 Å². The highest BCUT2D eigenvalue weighted by Crippen LogP contribution is 2.34. The third-order valence-electron chi connectivity index (χ3n) is 4.52. The first-order valence-corrected chi connectivity index (χ1v) is 8.52. The SMILES string of the molecule is CCC(=O)N1N=C(c2ccc(F)cc2)CC1c1ccc2nccnc2c1. The quantitative estimate of drug-likeness (QED) is 0.722. The summed E-state index contributed by atoms with van der Waals surface area (Å²) in [6.45, 7) is 1.82. The number of fused-ring (bicyclic) bond motifs is 1. The normalized spacial score (nSPS) is 16.8. The average molecular weight is 348 g/mol. The van der Waals surface area contributed by atoms with Gasteiger partial charge in [-0.3, -0.25) is 14.8 Å². The van der Waals surface area contributed by atoms with Gasteiger partial charge in [-0.25, -0.2) is 9.40 Å². The molecule has 0 spiro atoms. The molecule has 6 heteroatoms. The molecule has 26 heavy (non-hydrogen) atoms. The molecule has 1 aromatic heterocycles. The molecule has 0 saturated heterocycles. The lowest BCUT2D eigenvalue weighted by Gasteiger charge is -2.21. The van der Waals surface area contributed by atoms with Crippen LogP contribution in [0.2, 0.25) is 0 Å². The van der Waals surface area contributed by atoms with Crippen LogP contribution >= 0.6 is 0 Å².